The number of benzene rings is 1. The average Bonchev–Trinajstić information content (AvgIpc) is 2.69. The summed E-state index contributed by atoms with van der Waals surface area (Å²) < 4.78 is 13.2. The first kappa shape index (κ1) is 15.7. The van der Waals surface area contributed by atoms with Gasteiger partial charge in [0.2, 0.25) is 0 Å². The Labute approximate surface area is 135 Å². The number of hydrogen-bond donors (Lipinski definition) is 2. The number of fused-ring (bicyclic) bond motifs is 1. The Morgan fingerprint density at radius 2 is 1.91 bits per heavy atom. The largest absolute Gasteiger partial charge is 0.385 e. The van der Waals surface area contributed by atoms with Crippen molar-refractivity contribution in [2.45, 2.75) is 39.3 Å². The molecule has 1 saturated heterocycles. The van der Waals surface area contributed by atoms with Gasteiger partial charge in [-0.05, 0) is 37.5 Å². The lowest BCUT2D eigenvalue weighted by molar-refractivity contribution is -0.114. The third-order valence-electron chi connectivity index (χ3n) is 4.23. The molecular formula is C18H22FN3O. The lowest BCUT2D eigenvalue weighted by Gasteiger charge is -2.23. The second-order valence-electron chi connectivity index (χ2n) is 7.07. The van der Waals surface area contributed by atoms with Crippen molar-refractivity contribution in [1.82, 2.24) is 10.6 Å². The summed E-state index contributed by atoms with van der Waals surface area (Å²) in [5, 5.41) is 6.47. The Bertz CT molecular complexity index is 701. The van der Waals surface area contributed by atoms with Crippen molar-refractivity contribution in [2.24, 2.45) is 10.9 Å². The standard InChI is InChI=1S/C18H22FN3O/c1-10(2)14-13-15(11-5-7-12(19)8-6-11)21-17(23)16(13)22-18(3,4)9-20-14/h5-8,10,15,20H,9H2,1-4H3,(H,21,23). The number of halogens is 1. The quantitative estimate of drug-likeness (QED) is 0.882. The van der Waals surface area contributed by atoms with Crippen LogP contribution in [0.3, 0.4) is 0 Å². The predicted molar refractivity (Wildman–Crippen MR) is 88.7 cm³/mol. The van der Waals surface area contributed by atoms with Crippen molar-refractivity contribution in [2.75, 3.05) is 6.54 Å². The van der Waals surface area contributed by atoms with Crippen molar-refractivity contribution in [3.63, 3.8) is 0 Å². The zero-order valence-corrected chi connectivity index (χ0v) is 13.9. The molecule has 3 rings (SSSR count). The van der Waals surface area contributed by atoms with E-state index in [1.54, 1.807) is 12.1 Å². The number of aliphatic imine (C=N–C) groups is 1. The molecule has 0 radical (unpaired) electrons. The van der Waals surface area contributed by atoms with Gasteiger partial charge >= 0.3 is 0 Å². The fourth-order valence-corrected chi connectivity index (χ4v) is 3.09. The first-order valence-electron chi connectivity index (χ1n) is 7.93. The highest BCUT2D eigenvalue weighted by Gasteiger charge is 2.40. The van der Waals surface area contributed by atoms with Crippen LogP contribution in [0.1, 0.15) is 39.3 Å². The molecule has 2 N–H and O–H groups in total. The Hall–Kier alpha value is -2.17. The minimum Gasteiger partial charge on any atom is -0.385 e. The lowest BCUT2D eigenvalue weighted by atomic mass is 9.93. The minimum absolute atomic E-state index is 0.163. The SMILES string of the molecule is CC(C)C1=C2C(=NC(C)(C)CN1)C(=O)NC2c1ccc(F)cc1. The van der Waals surface area contributed by atoms with E-state index in [0.29, 0.717) is 12.3 Å². The molecule has 0 bridgehead atoms. The Kier molecular flexibility index (Phi) is 3.74. The zero-order valence-electron chi connectivity index (χ0n) is 13.9. The van der Waals surface area contributed by atoms with Crippen LogP contribution in [0.4, 0.5) is 4.39 Å². The number of amides is 1. The summed E-state index contributed by atoms with van der Waals surface area (Å²) in [5.41, 5.74) is 2.92. The van der Waals surface area contributed by atoms with Crippen LogP contribution >= 0.6 is 0 Å². The summed E-state index contributed by atoms with van der Waals surface area (Å²) in [7, 11) is 0. The number of nitrogens with zero attached hydrogens (tertiary/aromatic N) is 1. The number of hydrogen-bond acceptors (Lipinski definition) is 3. The van der Waals surface area contributed by atoms with Crippen LogP contribution in [0.5, 0.6) is 0 Å². The van der Waals surface area contributed by atoms with Gasteiger partial charge in [0.1, 0.15) is 11.5 Å². The van der Waals surface area contributed by atoms with Gasteiger partial charge < -0.3 is 10.6 Å². The summed E-state index contributed by atoms with van der Waals surface area (Å²) in [6.07, 6.45) is 0. The van der Waals surface area contributed by atoms with E-state index < -0.39 is 0 Å². The van der Waals surface area contributed by atoms with Gasteiger partial charge in [0.15, 0.2) is 0 Å². The fraction of sp³-hybridized carbons (Fsp3) is 0.444. The maximum Gasteiger partial charge on any atom is 0.270 e. The van der Waals surface area contributed by atoms with Crippen LogP contribution in [0, 0.1) is 11.7 Å². The molecule has 1 amide bonds. The molecule has 2 aliphatic rings. The molecule has 0 aliphatic carbocycles. The molecule has 0 aromatic heterocycles. The zero-order chi connectivity index (χ0) is 16.8. The molecule has 122 valence electrons. The van der Waals surface area contributed by atoms with Crippen LogP contribution in [-0.4, -0.2) is 23.7 Å². The fourth-order valence-electron chi connectivity index (χ4n) is 3.09. The molecular weight excluding hydrogens is 293 g/mol. The van der Waals surface area contributed by atoms with E-state index in [1.807, 2.05) is 13.8 Å². The van der Waals surface area contributed by atoms with Gasteiger partial charge in [0.05, 0.1) is 11.6 Å². The number of carbonyl (C=O) groups excluding carboxylic acids is 1. The Balaban J connectivity index is 2.16. The highest BCUT2D eigenvalue weighted by Crippen LogP contribution is 2.35. The van der Waals surface area contributed by atoms with Crippen molar-refractivity contribution < 1.29 is 9.18 Å². The molecule has 1 unspecified atom stereocenters. The second kappa shape index (κ2) is 5.48. The first-order valence-corrected chi connectivity index (χ1v) is 7.93. The number of allylic oxidation sites excluding steroid dienone is 1. The molecule has 2 aliphatic heterocycles. The van der Waals surface area contributed by atoms with E-state index in [1.165, 1.54) is 12.1 Å². The van der Waals surface area contributed by atoms with Gasteiger partial charge in [0.25, 0.3) is 5.91 Å². The minimum atomic E-state index is -0.355. The molecule has 23 heavy (non-hydrogen) atoms. The summed E-state index contributed by atoms with van der Waals surface area (Å²) in [4.78, 5) is 17.2. The Morgan fingerprint density at radius 1 is 1.26 bits per heavy atom. The first-order chi connectivity index (χ1) is 10.8. The molecule has 0 spiro atoms. The third kappa shape index (κ3) is 2.87. The average molecular weight is 315 g/mol. The maximum absolute atomic E-state index is 13.2. The molecule has 1 aromatic carbocycles. The van der Waals surface area contributed by atoms with E-state index in [0.717, 1.165) is 16.8 Å². The second-order valence-corrected chi connectivity index (χ2v) is 7.07. The maximum atomic E-state index is 13.2. The topological polar surface area (TPSA) is 53.5 Å². The van der Waals surface area contributed by atoms with Crippen LogP contribution in [0.2, 0.25) is 0 Å². The highest BCUT2D eigenvalue weighted by atomic mass is 19.1. The van der Waals surface area contributed by atoms with Gasteiger partial charge in [0, 0.05) is 17.8 Å². The summed E-state index contributed by atoms with van der Waals surface area (Å²) in [6.45, 7) is 8.88. The van der Waals surface area contributed by atoms with Crippen molar-refractivity contribution >= 4 is 11.6 Å². The molecule has 1 aromatic rings. The van der Waals surface area contributed by atoms with E-state index in [4.69, 9.17) is 0 Å². The van der Waals surface area contributed by atoms with Gasteiger partial charge in [-0.1, -0.05) is 26.0 Å². The summed E-state index contributed by atoms with van der Waals surface area (Å²) in [5.74, 6) is -0.214. The molecule has 1 fully saturated rings. The summed E-state index contributed by atoms with van der Waals surface area (Å²) >= 11 is 0. The van der Waals surface area contributed by atoms with Crippen LogP contribution < -0.4 is 10.6 Å². The number of carbonyl (C=O) groups is 1. The van der Waals surface area contributed by atoms with Gasteiger partial charge in [-0.15, -0.1) is 0 Å². The van der Waals surface area contributed by atoms with E-state index >= 15 is 0 Å². The molecule has 4 nitrogen and oxygen atoms in total. The third-order valence-corrected chi connectivity index (χ3v) is 4.23. The lowest BCUT2D eigenvalue weighted by Crippen LogP contribution is -2.34. The van der Waals surface area contributed by atoms with Gasteiger partial charge in [-0.3, -0.25) is 9.79 Å². The van der Waals surface area contributed by atoms with E-state index in [-0.39, 0.29) is 29.2 Å². The smallest absolute Gasteiger partial charge is 0.270 e. The van der Waals surface area contributed by atoms with Gasteiger partial charge in [-0.25, -0.2) is 4.39 Å². The molecule has 2 heterocycles. The molecule has 5 heteroatoms. The molecule has 0 saturated carbocycles. The van der Waals surface area contributed by atoms with Crippen molar-refractivity contribution in [1.29, 1.82) is 0 Å². The predicted octanol–water partition coefficient (Wildman–Crippen LogP) is 2.73. The van der Waals surface area contributed by atoms with Gasteiger partial charge in [-0.2, -0.15) is 0 Å². The van der Waals surface area contributed by atoms with E-state index in [2.05, 4.69) is 29.5 Å². The monoisotopic (exact) mass is 315 g/mol. The van der Waals surface area contributed by atoms with Crippen LogP contribution in [-0.2, 0) is 4.79 Å². The van der Waals surface area contributed by atoms with Crippen LogP contribution in [0.15, 0.2) is 40.5 Å². The molecule has 1 atom stereocenters. The number of nitrogens with one attached hydrogen (secondary N) is 2. The highest BCUT2D eigenvalue weighted by molar-refractivity contribution is 6.48. The van der Waals surface area contributed by atoms with Crippen LogP contribution in [0.25, 0.3) is 0 Å². The van der Waals surface area contributed by atoms with Crippen molar-refractivity contribution in [3.8, 4) is 0 Å². The van der Waals surface area contributed by atoms with Crippen molar-refractivity contribution in [3.05, 3.63) is 46.9 Å². The Morgan fingerprint density at radius 3 is 2.52 bits per heavy atom. The normalized spacial score (nSPS) is 23.1. The summed E-state index contributed by atoms with van der Waals surface area (Å²) in [6, 6.07) is 5.97. The van der Waals surface area contributed by atoms with E-state index in [9.17, 15) is 9.18 Å². The number of rotatable bonds is 2.